The van der Waals surface area contributed by atoms with Crippen LogP contribution in [-0.4, -0.2) is 61.8 Å². The standard InChI is InChI=1S/C20H32N4O4S/c1-8-23(9-2)29(25,26)20-15(3)21-24(16(20)4)14-22(5)13-17-10-11-18(27-6)12-19(17)28-7/h10-12H,8-9,13-14H2,1-7H3. The first-order chi connectivity index (χ1) is 13.7. The summed E-state index contributed by atoms with van der Waals surface area (Å²) in [6, 6.07) is 5.70. The van der Waals surface area contributed by atoms with E-state index in [1.54, 1.807) is 32.7 Å². The van der Waals surface area contributed by atoms with Gasteiger partial charge in [0.25, 0.3) is 0 Å². The van der Waals surface area contributed by atoms with Gasteiger partial charge in [-0.15, -0.1) is 0 Å². The third kappa shape index (κ3) is 4.91. The lowest BCUT2D eigenvalue weighted by Crippen LogP contribution is -2.31. The van der Waals surface area contributed by atoms with Gasteiger partial charge in [-0.1, -0.05) is 19.9 Å². The summed E-state index contributed by atoms with van der Waals surface area (Å²) in [5.41, 5.74) is 2.17. The molecule has 1 aromatic carbocycles. The van der Waals surface area contributed by atoms with Crippen molar-refractivity contribution < 1.29 is 17.9 Å². The lowest BCUT2D eigenvalue weighted by Gasteiger charge is -2.20. The van der Waals surface area contributed by atoms with Crippen LogP contribution in [0, 0.1) is 13.8 Å². The van der Waals surface area contributed by atoms with Crippen molar-refractivity contribution in [1.29, 1.82) is 0 Å². The Balaban J connectivity index is 2.26. The van der Waals surface area contributed by atoms with Crippen LogP contribution in [0.2, 0.25) is 0 Å². The molecule has 0 aliphatic carbocycles. The van der Waals surface area contributed by atoms with Gasteiger partial charge in [-0.3, -0.25) is 9.58 Å². The van der Waals surface area contributed by atoms with Crippen molar-refractivity contribution in [3.63, 3.8) is 0 Å². The van der Waals surface area contributed by atoms with Gasteiger partial charge in [0.2, 0.25) is 10.0 Å². The van der Waals surface area contributed by atoms with Gasteiger partial charge in [0.15, 0.2) is 0 Å². The molecule has 0 saturated heterocycles. The Kier molecular flexibility index (Phi) is 7.67. The van der Waals surface area contributed by atoms with Crippen LogP contribution in [0.5, 0.6) is 11.5 Å². The van der Waals surface area contributed by atoms with E-state index in [4.69, 9.17) is 9.47 Å². The Hall–Kier alpha value is -2.10. The van der Waals surface area contributed by atoms with Crippen molar-refractivity contribution in [3.05, 3.63) is 35.2 Å². The maximum absolute atomic E-state index is 13.0. The van der Waals surface area contributed by atoms with Crippen LogP contribution in [0.15, 0.2) is 23.1 Å². The zero-order valence-electron chi connectivity index (χ0n) is 18.4. The van der Waals surface area contributed by atoms with Crippen molar-refractivity contribution in [2.45, 2.75) is 45.8 Å². The fraction of sp³-hybridized carbons (Fsp3) is 0.550. The second-order valence-corrected chi connectivity index (χ2v) is 8.80. The van der Waals surface area contributed by atoms with Crippen molar-refractivity contribution in [3.8, 4) is 11.5 Å². The Morgan fingerprint density at radius 2 is 1.76 bits per heavy atom. The van der Waals surface area contributed by atoms with Crippen LogP contribution in [0.4, 0.5) is 0 Å². The summed E-state index contributed by atoms with van der Waals surface area (Å²) >= 11 is 0. The molecule has 0 aliphatic heterocycles. The number of hydrogen-bond donors (Lipinski definition) is 0. The van der Waals surface area contributed by atoms with E-state index in [1.165, 1.54) is 4.31 Å². The minimum absolute atomic E-state index is 0.302. The van der Waals surface area contributed by atoms with E-state index >= 15 is 0 Å². The molecule has 0 aliphatic rings. The number of aryl methyl sites for hydroxylation is 1. The molecule has 0 spiro atoms. The van der Waals surface area contributed by atoms with Gasteiger partial charge in [-0.05, 0) is 27.0 Å². The Bertz CT molecular complexity index is 936. The van der Waals surface area contributed by atoms with Crippen LogP contribution in [-0.2, 0) is 23.2 Å². The molecule has 0 fully saturated rings. The lowest BCUT2D eigenvalue weighted by molar-refractivity contribution is 0.239. The second-order valence-electron chi connectivity index (χ2n) is 6.92. The van der Waals surface area contributed by atoms with Gasteiger partial charge in [0.05, 0.1) is 32.3 Å². The summed E-state index contributed by atoms with van der Waals surface area (Å²) in [6.45, 7) is 9.16. The first-order valence-corrected chi connectivity index (χ1v) is 11.1. The van der Waals surface area contributed by atoms with E-state index in [-0.39, 0.29) is 0 Å². The van der Waals surface area contributed by atoms with Crippen LogP contribution >= 0.6 is 0 Å². The SMILES string of the molecule is CCN(CC)S(=O)(=O)c1c(C)nn(CN(C)Cc2ccc(OC)cc2OC)c1C. The van der Waals surface area contributed by atoms with Crippen LogP contribution in [0.1, 0.15) is 30.8 Å². The maximum atomic E-state index is 13.0. The van der Waals surface area contributed by atoms with Crippen molar-refractivity contribution >= 4 is 10.0 Å². The normalized spacial score (nSPS) is 12.0. The largest absolute Gasteiger partial charge is 0.497 e. The number of methoxy groups -OCH3 is 2. The maximum Gasteiger partial charge on any atom is 0.246 e. The second kappa shape index (κ2) is 9.60. The summed E-state index contributed by atoms with van der Waals surface area (Å²) in [4.78, 5) is 2.36. The Labute approximate surface area is 174 Å². The highest BCUT2D eigenvalue weighted by atomic mass is 32.2. The zero-order chi connectivity index (χ0) is 21.8. The van der Waals surface area contributed by atoms with E-state index in [0.717, 1.165) is 17.1 Å². The number of ether oxygens (including phenoxy) is 2. The number of sulfonamides is 1. The van der Waals surface area contributed by atoms with Gasteiger partial charge in [-0.25, -0.2) is 8.42 Å². The molecule has 0 amide bonds. The summed E-state index contributed by atoms with van der Waals surface area (Å²) in [7, 11) is 1.65. The molecule has 0 atom stereocenters. The minimum Gasteiger partial charge on any atom is -0.497 e. The predicted octanol–water partition coefficient (Wildman–Crippen LogP) is 2.64. The molecule has 162 valence electrons. The lowest BCUT2D eigenvalue weighted by atomic mass is 10.2. The number of rotatable bonds is 10. The summed E-state index contributed by atoms with van der Waals surface area (Å²) < 4.78 is 39.9. The topological polar surface area (TPSA) is 76.9 Å². The molecule has 0 saturated carbocycles. The first-order valence-electron chi connectivity index (χ1n) is 9.63. The Morgan fingerprint density at radius 3 is 2.31 bits per heavy atom. The average molecular weight is 425 g/mol. The molecule has 2 rings (SSSR count). The molecular formula is C20H32N4O4S. The third-order valence-electron chi connectivity index (χ3n) is 4.93. The van der Waals surface area contributed by atoms with Gasteiger partial charge >= 0.3 is 0 Å². The number of hydrogen-bond acceptors (Lipinski definition) is 6. The molecule has 0 unspecified atom stereocenters. The van der Waals surface area contributed by atoms with Gasteiger partial charge < -0.3 is 9.47 Å². The highest BCUT2D eigenvalue weighted by molar-refractivity contribution is 7.89. The molecule has 1 aromatic heterocycles. The fourth-order valence-electron chi connectivity index (χ4n) is 3.44. The van der Waals surface area contributed by atoms with Gasteiger partial charge in [0.1, 0.15) is 16.4 Å². The molecule has 29 heavy (non-hydrogen) atoms. The molecule has 0 radical (unpaired) electrons. The zero-order valence-corrected chi connectivity index (χ0v) is 19.2. The van der Waals surface area contributed by atoms with E-state index < -0.39 is 10.0 Å². The molecule has 9 heteroatoms. The molecule has 0 bridgehead atoms. The molecule has 2 aromatic rings. The van der Waals surface area contributed by atoms with E-state index in [1.807, 2.05) is 39.1 Å². The number of nitrogens with zero attached hydrogens (tertiary/aromatic N) is 4. The average Bonchev–Trinajstić information content (AvgIpc) is 2.96. The van der Waals surface area contributed by atoms with E-state index in [2.05, 4.69) is 10.00 Å². The van der Waals surface area contributed by atoms with Crippen LogP contribution < -0.4 is 9.47 Å². The monoisotopic (exact) mass is 424 g/mol. The number of aromatic nitrogens is 2. The van der Waals surface area contributed by atoms with Crippen molar-refractivity contribution in [2.24, 2.45) is 0 Å². The van der Waals surface area contributed by atoms with Crippen LogP contribution in [0.3, 0.4) is 0 Å². The van der Waals surface area contributed by atoms with Gasteiger partial charge in [-0.2, -0.15) is 9.40 Å². The molecule has 1 heterocycles. The van der Waals surface area contributed by atoms with Crippen LogP contribution in [0.25, 0.3) is 0 Å². The quantitative estimate of drug-likeness (QED) is 0.584. The summed E-state index contributed by atoms with van der Waals surface area (Å²) in [6.07, 6.45) is 0. The number of benzene rings is 1. The van der Waals surface area contributed by atoms with Crippen molar-refractivity contribution in [2.75, 3.05) is 34.4 Å². The summed E-state index contributed by atoms with van der Waals surface area (Å²) in [5, 5.41) is 4.50. The van der Waals surface area contributed by atoms with E-state index in [0.29, 0.717) is 42.6 Å². The first kappa shape index (κ1) is 23.2. The third-order valence-corrected chi connectivity index (χ3v) is 7.23. The fourth-order valence-corrected chi connectivity index (χ4v) is 5.27. The Morgan fingerprint density at radius 1 is 1.10 bits per heavy atom. The predicted molar refractivity (Wildman–Crippen MR) is 113 cm³/mol. The van der Waals surface area contributed by atoms with Crippen molar-refractivity contribution in [1.82, 2.24) is 19.0 Å². The smallest absolute Gasteiger partial charge is 0.246 e. The minimum atomic E-state index is -3.56. The highest BCUT2D eigenvalue weighted by Crippen LogP contribution is 2.27. The van der Waals surface area contributed by atoms with Gasteiger partial charge in [0, 0.05) is 31.3 Å². The summed E-state index contributed by atoms with van der Waals surface area (Å²) in [5.74, 6) is 1.48. The molecule has 8 nitrogen and oxygen atoms in total. The highest BCUT2D eigenvalue weighted by Gasteiger charge is 2.29. The molecule has 0 N–H and O–H groups in total. The van der Waals surface area contributed by atoms with E-state index in [9.17, 15) is 8.42 Å². The molecular weight excluding hydrogens is 392 g/mol.